The molecule has 0 fully saturated rings. The number of nitrogens with one attached hydrogen (secondary N) is 1. The minimum absolute atomic E-state index is 0.239. The third-order valence-electron chi connectivity index (χ3n) is 3.55. The molecular formula is C17H22N4O3S3. The number of anilines is 1. The van der Waals surface area contributed by atoms with Crippen LogP contribution in [0.3, 0.4) is 0 Å². The lowest BCUT2D eigenvalue weighted by atomic mass is 10.2. The molecule has 2 rings (SSSR count). The molecule has 0 saturated carbocycles. The van der Waals surface area contributed by atoms with E-state index in [0.717, 1.165) is 15.7 Å². The fourth-order valence-corrected chi connectivity index (χ4v) is 5.33. The fraction of sp³-hybridized carbons (Fsp3) is 0.353. The minimum atomic E-state index is -3.48. The summed E-state index contributed by atoms with van der Waals surface area (Å²) >= 11 is 2.89. The van der Waals surface area contributed by atoms with Crippen molar-refractivity contribution in [2.24, 2.45) is 0 Å². The van der Waals surface area contributed by atoms with Crippen molar-refractivity contribution in [2.45, 2.75) is 30.0 Å². The Kier molecular flexibility index (Phi) is 7.96. The van der Waals surface area contributed by atoms with Gasteiger partial charge in [-0.05, 0) is 29.5 Å². The van der Waals surface area contributed by atoms with Crippen LogP contribution in [0.1, 0.15) is 26.3 Å². The van der Waals surface area contributed by atoms with Crippen LogP contribution < -0.4 is 5.32 Å². The number of carbonyl (C=O) groups is 1. The summed E-state index contributed by atoms with van der Waals surface area (Å²) in [4.78, 5) is 12.2. The van der Waals surface area contributed by atoms with Crippen LogP contribution in [0.2, 0.25) is 0 Å². The normalized spacial score (nSPS) is 12.0. The standard InChI is InChI=1S/C17H22N4O3S3/c1-4-21(5-2)27(23,24)14-10-7-13(8-11-14)9-12-15(22)18-16-19-20-17(26-16)25-6-3/h7-12H,4-6H2,1-3H3,(H,18,19,22)/b12-9+. The molecule has 0 saturated heterocycles. The Morgan fingerprint density at radius 2 is 1.85 bits per heavy atom. The predicted molar refractivity (Wildman–Crippen MR) is 111 cm³/mol. The second-order valence-electron chi connectivity index (χ2n) is 5.29. The Balaban J connectivity index is 2.01. The van der Waals surface area contributed by atoms with Crippen molar-refractivity contribution in [1.82, 2.24) is 14.5 Å². The van der Waals surface area contributed by atoms with Gasteiger partial charge in [-0.2, -0.15) is 4.31 Å². The highest BCUT2D eigenvalue weighted by atomic mass is 32.2. The number of hydrogen-bond acceptors (Lipinski definition) is 7. The van der Waals surface area contributed by atoms with Crippen LogP contribution in [0.15, 0.2) is 39.6 Å². The molecule has 2 aromatic rings. The topological polar surface area (TPSA) is 92.3 Å². The van der Waals surface area contributed by atoms with Gasteiger partial charge in [0.25, 0.3) is 0 Å². The number of aromatic nitrogens is 2. The Morgan fingerprint density at radius 3 is 2.44 bits per heavy atom. The van der Waals surface area contributed by atoms with Crippen LogP contribution in [0.5, 0.6) is 0 Å². The molecule has 27 heavy (non-hydrogen) atoms. The van der Waals surface area contributed by atoms with Crippen molar-refractivity contribution in [1.29, 1.82) is 0 Å². The van der Waals surface area contributed by atoms with Crippen molar-refractivity contribution in [3.05, 3.63) is 35.9 Å². The van der Waals surface area contributed by atoms with Crippen molar-refractivity contribution in [3.8, 4) is 0 Å². The zero-order valence-electron chi connectivity index (χ0n) is 15.4. The number of hydrogen-bond donors (Lipinski definition) is 1. The smallest absolute Gasteiger partial charge is 0.250 e. The highest BCUT2D eigenvalue weighted by Gasteiger charge is 2.20. The number of nitrogens with zero attached hydrogens (tertiary/aromatic N) is 3. The molecule has 0 radical (unpaired) electrons. The molecule has 0 aliphatic rings. The van der Waals surface area contributed by atoms with E-state index in [0.29, 0.717) is 18.2 Å². The molecule has 146 valence electrons. The molecule has 0 atom stereocenters. The fourth-order valence-electron chi connectivity index (χ4n) is 2.22. The van der Waals surface area contributed by atoms with Gasteiger partial charge in [-0.25, -0.2) is 8.42 Å². The number of sulfonamides is 1. The van der Waals surface area contributed by atoms with Gasteiger partial charge in [0.1, 0.15) is 0 Å². The van der Waals surface area contributed by atoms with E-state index >= 15 is 0 Å². The second-order valence-corrected chi connectivity index (χ2v) is 9.71. The molecule has 0 bridgehead atoms. The van der Waals surface area contributed by atoms with Gasteiger partial charge >= 0.3 is 0 Å². The molecule has 1 heterocycles. The number of benzene rings is 1. The SMILES string of the molecule is CCSc1nnc(NC(=O)/C=C/c2ccc(S(=O)(=O)N(CC)CC)cc2)s1. The Morgan fingerprint density at radius 1 is 1.19 bits per heavy atom. The highest BCUT2D eigenvalue weighted by Crippen LogP contribution is 2.25. The molecule has 0 aliphatic heterocycles. The Labute approximate surface area is 167 Å². The maximum Gasteiger partial charge on any atom is 0.250 e. The van der Waals surface area contributed by atoms with E-state index in [2.05, 4.69) is 15.5 Å². The monoisotopic (exact) mass is 426 g/mol. The Bertz CT molecular complexity index is 888. The summed E-state index contributed by atoms with van der Waals surface area (Å²) < 4.78 is 27.1. The number of carbonyl (C=O) groups excluding carboxylic acids is 1. The average molecular weight is 427 g/mol. The van der Waals surface area contributed by atoms with Gasteiger partial charge in [-0.1, -0.05) is 56.0 Å². The van der Waals surface area contributed by atoms with Crippen LogP contribution in [0, 0.1) is 0 Å². The van der Waals surface area contributed by atoms with Crippen LogP contribution in [-0.4, -0.2) is 47.7 Å². The maximum absolute atomic E-state index is 12.5. The summed E-state index contributed by atoms with van der Waals surface area (Å²) in [5, 5.41) is 11.0. The first-order chi connectivity index (χ1) is 12.9. The number of amides is 1. The minimum Gasteiger partial charge on any atom is -0.297 e. The molecule has 7 nitrogen and oxygen atoms in total. The lowest BCUT2D eigenvalue weighted by Crippen LogP contribution is -2.30. The van der Waals surface area contributed by atoms with E-state index in [1.54, 1.807) is 56.0 Å². The number of rotatable bonds is 9. The van der Waals surface area contributed by atoms with Crippen molar-refractivity contribution in [3.63, 3.8) is 0 Å². The van der Waals surface area contributed by atoms with E-state index in [1.165, 1.54) is 21.7 Å². The molecule has 0 spiro atoms. The van der Waals surface area contributed by atoms with Crippen molar-refractivity contribution >= 4 is 50.2 Å². The summed E-state index contributed by atoms with van der Waals surface area (Å²) in [5.74, 6) is 0.571. The van der Waals surface area contributed by atoms with Crippen molar-refractivity contribution in [2.75, 3.05) is 24.2 Å². The van der Waals surface area contributed by atoms with E-state index in [4.69, 9.17) is 0 Å². The van der Waals surface area contributed by atoms with Gasteiger partial charge in [-0.15, -0.1) is 10.2 Å². The highest BCUT2D eigenvalue weighted by molar-refractivity contribution is 8.01. The van der Waals surface area contributed by atoms with E-state index in [1.807, 2.05) is 6.92 Å². The zero-order valence-corrected chi connectivity index (χ0v) is 17.8. The quantitative estimate of drug-likeness (QED) is 0.376. The molecule has 1 aromatic carbocycles. The zero-order chi connectivity index (χ0) is 19.9. The summed E-state index contributed by atoms with van der Waals surface area (Å²) in [6.45, 7) is 6.47. The first-order valence-electron chi connectivity index (χ1n) is 8.46. The van der Waals surface area contributed by atoms with Crippen LogP contribution in [0.25, 0.3) is 6.08 Å². The van der Waals surface area contributed by atoms with Crippen LogP contribution in [0.4, 0.5) is 5.13 Å². The van der Waals surface area contributed by atoms with Gasteiger partial charge < -0.3 is 0 Å². The third kappa shape index (κ3) is 5.86. The summed E-state index contributed by atoms with van der Waals surface area (Å²) in [6.07, 6.45) is 2.99. The summed E-state index contributed by atoms with van der Waals surface area (Å²) in [7, 11) is -3.48. The third-order valence-corrected chi connectivity index (χ3v) is 7.47. The lowest BCUT2D eigenvalue weighted by molar-refractivity contribution is -0.111. The average Bonchev–Trinajstić information content (AvgIpc) is 3.08. The maximum atomic E-state index is 12.5. The first-order valence-corrected chi connectivity index (χ1v) is 11.7. The van der Waals surface area contributed by atoms with E-state index < -0.39 is 10.0 Å². The second kappa shape index (κ2) is 9.98. The largest absolute Gasteiger partial charge is 0.297 e. The lowest BCUT2D eigenvalue weighted by Gasteiger charge is -2.18. The van der Waals surface area contributed by atoms with Crippen LogP contribution >= 0.6 is 23.1 Å². The molecular weight excluding hydrogens is 404 g/mol. The molecule has 0 unspecified atom stereocenters. The number of thioether (sulfide) groups is 1. The molecule has 1 N–H and O–H groups in total. The van der Waals surface area contributed by atoms with Gasteiger partial charge in [0, 0.05) is 19.2 Å². The van der Waals surface area contributed by atoms with Crippen LogP contribution in [-0.2, 0) is 14.8 Å². The van der Waals surface area contributed by atoms with Gasteiger partial charge in [-0.3, -0.25) is 10.1 Å². The first kappa shape index (κ1) is 21.5. The van der Waals surface area contributed by atoms with E-state index in [-0.39, 0.29) is 10.8 Å². The summed E-state index contributed by atoms with van der Waals surface area (Å²) in [6, 6.07) is 6.43. The molecule has 0 aliphatic carbocycles. The van der Waals surface area contributed by atoms with E-state index in [9.17, 15) is 13.2 Å². The Hall–Kier alpha value is -1.75. The van der Waals surface area contributed by atoms with Crippen molar-refractivity contribution < 1.29 is 13.2 Å². The van der Waals surface area contributed by atoms with Gasteiger partial charge in [0.15, 0.2) is 4.34 Å². The van der Waals surface area contributed by atoms with Gasteiger partial charge in [0.05, 0.1) is 4.90 Å². The molecule has 10 heteroatoms. The molecule has 1 amide bonds. The predicted octanol–water partition coefficient (Wildman–Crippen LogP) is 3.33. The molecule has 1 aromatic heterocycles. The summed E-state index contributed by atoms with van der Waals surface area (Å²) in [5.41, 5.74) is 0.725. The van der Waals surface area contributed by atoms with Gasteiger partial charge in [0.2, 0.25) is 21.1 Å².